The molecule has 2 aliphatic rings. The van der Waals surface area contributed by atoms with E-state index in [1.54, 1.807) is 18.1 Å². The van der Waals surface area contributed by atoms with Crippen LogP contribution in [0.2, 0.25) is 0 Å². The third kappa shape index (κ3) is 6.83. The van der Waals surface area contributed by atoms with Gasteiger partial charge in [0.25, 0.3) is 0 Å². The van der Waals surface area contributed by atoms with Crippen molar-refractivity contribution in [3.63, 3.8) is 0 Å². The molecule has 0 radical (unpaired) electrons. The number of hydrogen-bond donors (Lipinski definition) is 0. The largest absolute Gasteiger partial charge is 0.383 e. The highest BCUT2D eigenvalue weighted by Crippen LogP contribution is 2.21. The van der Waals surface area contributed by atoms with E-state index in [1.807, 2.05) is 0 Å². The first-order valence-electron chi connectivity index (χ1n) is 10.7. The molecular weight excluding hydrogens is 358 g/mol. The average molecular weight is 394 g/mol. The van der Waals surface area contributed by atoms with Gasteiger partial charge in [0.05, 0.1) is 12.7 Å². The maximum absolute atomic E-state index is 12.9. The Balaban J connectivity index is 1.46. The Kier molecular flexibility index (Phi) is 8.70. The van der Waals surface area contributed by atoms with E-state index in [0.717, 1.165) is 84.6 Å². The summed E-state index contributed by atoms with van der Waals surface area (Å²) in [6.07, 6.45) is 9.27. The van der Waals surface area contributed by atoms with Gasteiger partial charge in [-0.15, -0.1) is 0 Å². The lowest BCUT2D eigenvalue weighted by molar-refractivity contribution is -0.134. The number of rotatable bonds is 11. The number of aromatic nitrogens is 3. The zero-order valence-electron chi connectivity index (χ0n) is 17.2. The molecule has 2 fully saturated rings. The number of amides is 1. The minimum Gasteiger partial charge on any atom is -0.383 e. The number of likely N-dealkylation sites (tertiary alicyclic amines) is 1. The number of hydrogen-bond acceptors (Lipinski definition) is 6. The summed E-state index contributed by atoms with van der Waals surface area (Å²) in [5, 5.41) is 4.11. The highest BCUT2D eigenvalue weighted by atomic mass is 16.5. The molecular formula is C20H35N5O3. The van der Waals surface area contributed by atoms with Crippen LogP contribution in [0.5, 0.6) is 0 Å². The second-order valence-electron chi connectivity index (χ2n) is 7.97. The summed E-state index contributed by atoms with van der Waals surface area (Å²) in [7, 11) is 1.75. The number of methoxy groups -OCH3 is 1. The second kappa shape index (κ2) is 11.5. The van der Waals surface area contributed by atoms with Crippen molar-refractivity contribution >= 4 is 5.91 Å². The van der Waals surface area contributed by atoms with Crippen LogP contribution in [0.3, 0.4) is 0 Å². The summed E-state index contributed by atoms with van der Waals surface area (Å²) in [4.78, 5) is 21.4. The summed E-state index contributed by atoms with van der Waals surface area (Å²) in [6.45, 7) is 7.16. The molecule has 0 aliphatic carbocycles. The number of piperidine rings is 1. The van der Waals surface area contributed by atoms with E-state index in [9.17, 15) is 4.79 Å². The van der Waals surface area contributed by atoms with Gasteiger partial charge in [0.1, 0.15) is 12.7 Å². The van der Waals surface area contributed by atoms with Gasteiger partial charge in [-0.2, -0.15) is 5.10 Å². The smallest absolute Gasteiger partial charge is 0.222 e. The number of carbonyl (C=O) groups is 1. The molecule has 1 aromatic rings. The molecule has 2 aliphatic heterocycles. The zero-order chi connectivity index (χ0) is 19.6. The van der Waals surface area contributed by atoms with E-state index in [0.29, 0.717) is 12.3 Å². The van der Waals surface area contributed by atoms with E-state index in [2.05, 4.69) is 19.9 Å². The quantitative estimate of drug-likeness (QED) is 0.566. The van der Waals surface area contributed by atoms with Crippen molar-refractivity contribution in [2.24, 2.45) is 5.92 Å². The molecule has 3 rings (SSSR count). The molecule has 1 aromatic heterocycles. The van der Waals surface area contributed by atoms with E-state index in [1.165, 1.54) is 6.33 Å². The standard InChI is InChI=1S/C20H35N5O3/c1-27-13-11-23-9-6-18(7-10-23)14-24(15-19-4-3-12-28-19)20(26)5-2-8-25-17-21-16-22-25/h16-19H,2-15H2,1H3/t19-/m0/s1. The lowest BCUT2D eigenvalue weighted by atomic mass is 9.95. The van der Waals surface area contributed by atoms with Gasteiger partial charge in [0.15, 0.2) is 0 Å². The van der Waals surface area contributed by atoms with Gasteiger partial charge < -0.3 is 19.3 Å². The van der Waals surface area contributed by atoms with Crippen LogP contribution in [-0.2, 0) is 20.8 Å². The third-order valence-corrected chi connectivity index (χ3v) is 5.84. The SMILES string of the molecule is COCCN1CCC(CN(C[C@@H]2CCCO2)C(=O)CCCn2cncn2)CC1. The van der Waals surface area contributed by atoms with Crippen molar-refractivity contribution in [3.8, 4) is 0 Å². The number of nitrogens with zero attached hydrogens (tertiary/aromatic N) is 5. The predicted molar refractivity (Wildman–Crippen MR) is 106 cm³/mol. The normalized spacial score (nSPS) is 21.2. The fourth-order valence-corrected chi connectivity index (χ4v) is 4.14. The van der Waals surface area contributed by atoms with Crippen molar-refractivity contribution in [2.75, 3.05) is 53.0 Å². The van der Waals surface area contributed by atoms with Crippen molar-refractivity contribution in [2.45, 2.75) is 51.2 Å². The molecule has 0 saturated carbocycles. The van der Waals surface area contributed by atoms with E-state index < -0.39 is 0 Å². The Morgan fingerprint density at radius 1 is 1.25 bits per heavy atom. The monoisotopic (exact) mass is 393 g/mol. The van der Waals surface area contributed by atoms with Crippen LogP contribution in [0.1, 0.15) is 38.5 Å². The van der Waals surface area contributed by atoms with E-state index in [-0.39, 0.29) is 12.0 Å². The first-order valence-corrected chi connectivity index (χ1v) is 10.7. The maximum atomic E-state index is 12.9. The van der Waals surface area contributed by atoms with Gasteiger partial charge in [0, 0.05) is 46.3 Å². The fraction of sp³-hybridized carbons (Fsp3) is 0.850. The van der Waals surface area contributed by atoms with Gasteiger partial charge in [-0.05, 0) is 51.1 Å². The Morgan fingerprint density at radius 2 is 2.11 bits per heavy atom. The second-order valence-corrected chi connectivity index (χ2v) is 7.97. The van der Waals surface area contributed by atoms with Crippen molar-refractivity contribution in [3.05, 3.63) is 12.7 Å². The Morgan fingerprint density at radius 3 is 2.79 bits per heavy atom. The molecule has 8 heteroatoms. The summed E-state index contributed by atoms with van der Waals surface area (Å²) in [6, 6.07) is 0. The van der Waals surface area contributed by atoms with Crippen LogP contribution in [0, 0.1) is 5.92 Å². The van der Waals surface area contributed by atoms with Gasteiger partial charge in [-0.3, -0.25) is 9.48 Å². The average Bonchev–Trinajstić information content (AvgIpc) is 3.41. The van der Waals surface area contributed by atoms with E-state index in [4.69, 9.17) is 9.47 Å². The van der Waals surface area contributed by atoms with Crippen molar-refractivity contribution in [1.29, 1.82) is 0 Å². The van der Waals surface area contributed by atoms with Crippen LogP contribution in [-0.4, -0.2) is 89.6 Å². The molecule has 28 heavy (non-hydrogen) atoms. The molecule has 0 bridgehead atoms. The van der Waals surface area contributed by atoms with Gasteiger partial charge >= 0.3 is 0 Å². The van der Waals surface area contributed by atoms with Gasteiger partial charge in [-0.25, -0.2) is 4.98 Å². The first-order chi connectivity index (χ1) is 13.7. The van der Waals surface area contributed by atoms with Crippen LogP contribution in [0.15, 0.2) is 12.7 Å². The van der Waals surface area contributed by atoms with Crippen LogP contribution in [0.25, 0.3) is 0 Å². The van der Waals surface area contributed by atoms with Crippen LogP contribution in [0.4, 0.5) is 0 Å². The zero-order valence-corrected chi connectivity index (χ0v) is 17.2. The third-order valence-electron chi connectivity index (χ3n) is 5.84. The highest BCUT2D eigenvalue weighted by molar-refractivity contribution is 5.76. The molecule has 3 heterocycles. The summed E-state index contributed by atoms with van der Waals surface area (Å²) >= 11 is 0. The van der Waals surface area contributed by atoms with E-state index >= 15 is 0 Å². The van der Waals surface area contributed by atoms with Gasteiger partial charge in [0.2, 0.25) is 5.91 Å². The molecule has 1 amide bonds. The molecule has 0 spiro atoms. The van der Waals surface area contributed by atoms with Crippen molar-refractivity contribution < 1.29 is 14.3 Å². The lowest BCUT2D eigenvalue weighted by Crippen LogP contribution is -2.44. The molecule has 1 atom stereocenters. The predicted octanol–water partition coefficient (Wildman–Crippen LogP) is 1.42. The number of aryl methyl sites for hydroxylation is 1. The lowest BCUT2D eigenvalue weighted by Gasteiger charge is -2.35. The Labute approximate surface area is 168 Å². The summed E-state index contributed by atoms with van der Waals surface area (Å²) in [5.41, 5.74) is 0. The molecule has 0 N–H and O–H groups in total. The first kappa shape index (κ1) is 21.2. The molecule has 0 aromatic carbocycles. The van der Waals surface area contributed by atoms with Crippen LogP contribution < -0.4 is 0 Å². The molecule has 8 nitrogen and oxygen atoms in total. The van der Waals surface area contributed by atoms with Crippen LogP contribution >= 0.6 is 0 Å². The van der Waals surface area contributed by atoms with Crippen molar-refractivity contribution in [1.82, 2.24) is 24.6 Å². The van der Waals surface area contributed by atoms with Gasteiger partial charge in [-0.1, -0.05) is 0 Å². The minimum atomic E-state index is 0.209. The highest BCUT2D eigenvalue weighted by Gasteiger charge is 2.27. The summed E-state index contributed by atoms with van der Waals surface area (Å²) in [5.74, 6) is 0.830. The number of carbonyl (C=O) groups excluding carboxylic acids is 1. The summed E-state index contributed by atoms with van der Waals surface area (Å²) < 4.78 is 12.8. The molecule has 158 valence electrons. The minimum absolute atomic E-state index is 0.209. The molecule has 0 unspecified atom stereocenters. The number of ether oxygens (including phenoxy) is 2. The molecule has 2 saturated heterocycles. The maximum Gasteiger partial charge on any atom is 0.222 e. The fourth-order valence-electron chi connectivity index (χ4n) is 4.14. The Hall–Kier alpha value is -1.51. The topological polar surface area (TPSA) is 72.7 Å². The Bertz CT molecular complexity index is 554.